The lowest BCUT2D eigenvalue weighted by Crippen LogP contribution is -1.78. The molecule has 0 spiro atoms. The van der Waals surface area contributed by atoms with Crippen LogP contribution in [-0.2, 0) is 0 Å². The molecule has 0 fully saturated rings. The van der Waals surface area contributed by atoms with Gasteiger partial charge in [-0.2, -0.15) is 0 Å². The summed E-state index contributed by atoms with van der Waals surface area (Å²) in [5, 5.41) is 5.78. The van der Waals surface area contributed by atoms with Gasteiger partial charge in [-0.05, 0) is 18.2 Å². The van der Waals surface area contributed by atoms with E-state index in [9.17, 15) is 0 Å². The maximum Gasteiger partial charge on any atom is 0.0635 e. The first kappa shape index (κ1) is 10.5. The van der Waals surface area contributed by atoms with E-state index in [1.54, 1.807) is 0 Å². The third kappa shape index (κ3) is 1.06. The summed E-state index contributed by atoms with van der Waals surface area (Å²) in [7, 11) is 0. The molecule has 5 rings (SSSR count). The molecule has 0 amide bonds. The van der Waals surface area contributed by atoms with Gasteiger partial charge in [0.15, 0.2) is 0 Å². The van der Waals surface area contributed by atoms with Crippen molar-refractivity contribution in [2.45, 2.75) is 0 Å². The SMILES string of the molecule is Clc1ccc2c3ccccc3n3c4ccccc4c1c23. The molecule has 2 aromatic heterocycles. The van der Waals surface area contributed by atoms with Crippen molar-refractivity contribution in [3.8, 4) is 0 Å². The Labute approximate surface area is 120 Å². The Kier molecular flexibility index (Phi) is 1.81. The number of aromatic nitrogens is 1. The quantitative estimate of drug-likeness (QED) is 0.352. The summed E-state index contributed by atoms with van der Waals surface area (Å²) < 4.78 is 2.33. The van der Waals surface area contributed by atoms with Crippen molar-refractivity contribution in [1.29, 1.82) is 0 Å². The van der Waals surface area contributed by atoms with Gasteiger partial charge in [-0.15, -0.1) is 0 Å². The van der Waals surface area contributed by atoms with Gasteiger partial charge >= 0.3 is 0 Å². The first-order chi connectivity index (χ1) is 9.86. The number of rotatable bonds is 0. The Morgan fingerprint density at radius 1 is 0.650 bits per heavy atom. The van der Waals surface area contributed by atoms with E-state index in [1.807, 2.05) is 6.07 Å². The van der Waals surface area contributed by atoms with Gasteiger partial charge in [-0.3, -0.25) is 0 Å². The van der Waals surface area contributed by atoms with Crippen LogP contribution in [0.3, 0.4) is 0 Å². The van der Waals surface area contributed by atoms with Crippen LogP contribution >= 0.6 is 11.6 Å². The summed E-state index contributed by atoms with van der Waals surface area (Å²) in [5.74, 6) is 0. The van der Waals surface area contributed by atoms with E-state index >= 15 is 0 Å². The molecule has 0 atom stereocenters. The fourth-order valence-corrected chi connectivity index (χ4v) is 3.67. The molecule has 1 nitrogen and oxygen atoms in total. The molecular formula is C18H10ClN. The summed E-state index contributed by atoms with van der Waals surface area (Å²) in [6.45, 7) is 0. The third-order valence-electron chi connectivity index (χ3n) is 4.20. The van der Waals surface area contributed by atoms with Gasteiger partial charge < -0.3 is 4.40 Å². The van der Waals surface area contributed by atoms with Crippen molar-refractivity contribution in [3.05, 3.63) is 65.7 Å². The predicted octanol–water partition coefficient (Wildman–Crippen LogP) is 5.49. The van der Waals surface area contributed by atoms with Crippen LogP contribution in [0.4, 0.5) is 0 Å². The first-order valence-corrected chi connectivity index (χ1v) is 7.05. The molecule has 0 bridgehead atoms. The summed E-state index contributed by atoms with van der Waals surface area (Å²) in [5.41, 5.74) is 3.71. The first-order valence-electron chi connectivity index (χ1n) is 6.68. The second kappa shape index (κ2) is 3.44. The minimum atomic E-state index is 0.825. The lowest BCUT2D eigenvalue weighted by atomic mass is 10.1. The summed E-state index contributed by atoms with van der Waals surface area (Å²) in [4.78, 5) is 0. The van der Waals surface area contributed by atoms with E-state index in [-0.39, 0.29) is 0 Å². The summed E-state index contributed by atoms with van der Waals surface area (Å²) in [6.07, 6.45) is 0. The van der Waals surface area contributed by atoms with E-state index in [0.29, 0.717) is 0 Å². The highest BCUT2D eigenvalue weighted by Gasteiger charge is 2.18. The highest BCUT2D eigenvalue weighted by molar-refractivity contribution is 6.40. The molecule has 94 valence electrons. The van der Waals surface area contributed by atoms with Gasteiger partial charge in [0, 0.05) is 21.5 Å². The van der Waals surface area contributed by atoms with Crippen molar-refractivity contribution in [3.63, 3.8) is 0 Å². The smallest absolute Gasteiger partial charge is 0.0635 e. The zero-order valence-electron chi connectivity index (χ0n) is 10.6. The Morgan fingerprint density at radius 2 is 1.30 bits per heavy atom. The molecule has 0 radical (unpaired) electrons. The molecule has 0 unspecified atom stereocenters. The van der Waals surface area contributed by atoms with E-state index < -0.39 is 0 Å². The van der Waals surface area contributed by atoms with Crippen LogP contribution in [0.15, 0.2) is 60.7 Å². The van der Waals surface area contributed by atoms with Crippen molar-refractivity contribution in [2.75, 3.05) is 0 Å². The van der Waals surface area contributed by atoms with E-state index in [4.69, 9.17) is 11.6 Å². The lowest BCUT2D eigenvalue weighted by molar-refractivity contribution is 1.37. The standard InChI is InChI=1S/C18H10ClN/c19-14-10-9-12-11-5-1-3-7-15(11)20-16-8-4-2-6-13(16)17(14)18(12)20/h1-10H. The number of nitrogens with zero attached hydrogens (tertiary/aromatic N) is 1. The normalized spacial score (nSPS) is 12.2. The monoisotopic (exact) mass is 275 g/mol. The lowest BCUT2D eigenvalue weighted by Gasteiger charge is -1.97. The average Bonchev–Trinajstić information content (AvgIpc) is 2.99. The predicted molar refractivity (Wildman–Crippen MR) is 86.1 cm³/mol. The third-order valence-corrected chi connectivity index (χ3v) is 4.52. The van der Waals surface area contributed by atoms with E-state index in [2.05, 4.69) is 59.0 Å². The van der Waals surface area contributed by atoms with Crippen molar-refractivity contribution in [2.24, 2.45) is 0 Å². The molecule has 0 aliphatic carbocycles. The van der Waals surface area contributed by atoms with E-state index in [0.717, 1.165) is 10.4 Å². The Bertz CT molecular complexity index is 1100. The van der Waals surface area contributed by atoms with Crippen molar-refractivity contribution >= 4 is 49.7 Å². The molecule has 3 aromatic carbocycles. The molecule has 0 aliphatic heterocycles. The Balaban J connectivity index is 2.32. The topological polar surface area (TPSA) is 4.41 Å². The Morgan fingerprint density at radius 3 is 2.10 bits per heavy atom. The number of halogens is 1. The van der Waals surface area contributed by atoms with Crippen LogP contribution in [0.25, 0.3) is 38.1 Å². The second-order valence-corrected chi connectivity index (χ2v) is 5.60. The number of fused-ring (bicyclic) bond motifs is 6. The number of para-hydroxylation sites is 2. The van der Waals surface area contributed by atoms with Gasteiger partial charge in [-0.1, -0.05) is 54.1 Å². The van der Waals surface area contributed by atoms with Crippen LogP contribution < -0.4 is 0 Å². The molecule has 0 saturated carbocycles. The average molecular weight is 276 g/mol. The molecule has 0 saturated heterocycles. The number of hydrogen-bond acceptors (Lipinski definition) is 0. The van der Waals surface area contributed by atoms with Crippen molar-refractivity contribution in [1.82, 2.24) is 4.40 Å². The summed E-state index contributed by atoms with van der Waals surface area (Å²) >= 11 is 6.48. The fourth-order valence-electron chi connectivity index (χ4n) is 3.42. The maximum absolute atomic E-state index is 6.48. The highest BCUT2D eigenvalue weighted by Crippen LogP contribution is 2.41. The zero-order valence-corrected chi connectivity index (χ0v) is 11.4. The van der Waals surface area contributed by atoms with Gasteiger partial charge in [-0.25, -0.2) is 0 Å². The van der Waals surface area contributed by atoms with Crippen molar-refractivity contribution < 1.29 is 0 Å². The van der Waals surface area contributed by atoms with Crippen LogP contribution in [0.5, 0.6) is 0 Å². The molecule has 0 aliphatic rings. The highest BCUT2D eigenvalue weighted by atomic mass is 35.5. The minimum Gasteiger partial charge on any atom is -0.308 e. The molecular weight excluding hydrogens is 266 g/mol. The van der Waals surface area contributed by atoms with Crippen LogP contribution in [0.2, 0.25) is 5.02 Å². The Hall–Kier alpha value is -2.25. The van der Waals surface area contributed by atoms with Gasteiger partial charge in [0.1, 0.15) is 0 Å². The fraction of sp³-hybridized carbons (Fsp3) is 0. The van der Waals surface area contributed by atoms with Gasteiger partial charge in [0.05, 0.1) is 21.6 Å². The van der Waals surface area contributed by atoms with Gasteiger partial charge in [0.2, 0.25) is 0 Å². The van der Waals surface area contributed by atoms with E-state index in [1.165, 1.54) is 32.7 Å². The molecule has 5 aromatic rings. The molecule has 2 heterocycles. The van der Waals surface area contributed by atoms with Crippen LogP contribution in [-0.4, -0.2) is 4.40 Å². The van der Waals surface area contributed by atoms with Gasteiger partial charge in [0.25, 0.3) is 0 Å². The zero-order chi connectivity index (χ0) is 13.3. The van der Waals surface area contributed by atoms with Crippen LogP contribution in [0, 0.1) is 0 Å². The maximum atomic E-state index is 6.48. The molecule has 20 heavy (non-hydrogen) atoms. The number of hydrogen-bond donors (Lipinski definition) is 0. The molecule has 0 N–H and O–H groups in total. The molecule has 2 heteroatoms. The van der Waals surface area contributed by atoms with Crippen LogP contribution in [0.1, 0.15) is 0 Å². The minimum absolute atomic E-state index is 0.825. The summed E-state index contributed by atoms with van der Waals surface area (Å²) in [6, 6.07) is 21.1. The number of benzene rings is 3. The second-order valence-electron chi connectivity index (χ2n) is 5.19. The largest absolute Gasteiger partial charge is 0.308 e.